The lowest BCUT2D eigenvalue weighted by Gasteiger charge is -2.18. The molecule has 2 rings (SSSR count). The Kier molecular flexibility index (Phi) is 5.31. The number of aromatic nitrogens is 2. The summed E-state index contributed by atoms with van der Waals surface area (Å²) >= 11 is 11.6. The van der Waals surface area contributed by atoms with Gasteiger partial charge in [-0.2, -0.15) is 0 Å². The molecule has 1 aromatic heterocycles. The Morgan fingerprint density at radius 1 is 1.21 bits per heavy atom. The Morgan fingerprint density at radius 2 is 1.75 bits per heavy atom. The van der Waals surface area contributed by atoms with Crippen molar-refractivity contribution in [3.05, 3.63) is 50.5 Å². The summed E-state index contributed by atoms with van der Waals surface area (Å²) in [6.07, 6.45) is 0.983. The zero-order chi connectivity index (χ0) is 18.2. The smallest absolute Gasteiger partial charge is 0.288 e. The Balaban J connectivity index is 2.82. The number of nitrogens with zero attached hydrogens (tertiary/aromatic N) is 2. The molecule has 0 N–H and O–H groups in total. The van der Waals surface area contributed by atoms with E-state index >= 15 is 0 Å². The quantitative estimate of drug-likeness (QED) is 0.796. The third kappa shape index (κ3) is 3.60. The second-order valence-electron chi connectivity index (χ2n) is 5.19. The number of rotatable bonds is 4. The zero-order valence-electron chi connectivity index (χ0n) is 12.6. The minimum absolute atomic E-state index is 0.364. The second kappa shape index (κ2) is 6.78. The monoisotopic (exact) mass is 396 g/mol. The molecule has 0 aliphatic rings. The third-order valence-corrected chi connectivity index (χ3v) is 5.57. The average molecular weight is 397 g/mol. The molecule has 0 saturated carbocycles. The van der Waals surface area contributed by atoms with Crippen LogP contribution in [0.1, 0.15) is 6.92 Å². The van der Waals surface area contributed by atoms with Crippen molar-refractivity contribution in [2.75, 3.05) is 6.26 Å². The van der Waals surface area contributed by atoms with Gasteiger partial charge in [0.15, 0.2) is 20.1 Å². The van der Waals surface area contributed by atoms with Gasteiger partial charge in [0, 0.05) is 12.8 Å². The van der Waals surface area contributed by atoms with E-state index in [1.807, 2.05) is 0 Å². The average Bonchev–Trinajstić information content (AvgIpc) is 2.45. The van der Waals surface area contributed by atoms with Crippen LogP contribution in [0, 0.1) is 11.6 Å². The molecule has 0 bridgehead atoms. The summed E-state index contributed by atoms with van der Waals surface area (Å²) in [7, 11) is -3.52. The predicted octanol–water partition coefficient (Wildman–Crippen LogP) is 2.93. The van der Waals surface area contributed by atoms with Crippen molar-refractivity contribution >= 4 is 33.0 Å². The van der Waals surface area contributed by atoms with Gasteiger partial charge in [-0.3, -0.25) is 4.79 Å². The Bertz CT molecular complexity index is 941. The fraction of sp³-hybridized carbons (Fsp3) is 0.286. The van der Waals surface area contributed by atoms with Gasteiger partial charge in [-0.1, -0.05) is 29.3 Å². The first-order valence-electron chi connectivity index (χ1n) is 6.63. The highest BCUT2D eigenvalue weighted by atomic mass is 35.5. The highest BCUT2D eigenvalue weighted by molar-refractivity contribution is 7.91. The lowest BCUT2D eigenvalue weighted by molar-refractivity contribution is 0.562. The van der Waals surface area contributed by atoms with Crippen LogP contribution in [0.3, 0.4) is 0 Å². The molecule has 10 heteroatoms. The molecule has 0 saturated heterocycles. The van der Waals surface area contributed by atoms with Crippen molar-refractivity contribution in [1.29, 1.82) is 0 Å². The third-order valence-electron chi connectivity index (χ3n) is 3.45. The number of hydrogen-bond acceptors (Lipinski definition) is 4. The van der Waals surface area contributed by atoms with Crippen LogP contribution in [-0.4, -0.2) is 29.5 Å². The molecule has 0 fully saturated rings. The minimum Gasteiger partial charge on any atom is -0.301 e. The number of halogens is 4. The first kappa shape index (κ1) is 18.8. The van der Waals surface area contributed by atoms with Crippen LogP contribution in [0.25, 0.3) is 11.3 Å². The topological polar surface area (TPSA) is 69.0 Å². The normalized spacial score (nSPS) is 13.1. The summed E-state index contributed by atoms with van der Waals surface area (Å²) in [6.45, 7) is 0.967. The molecule has 1 heterocycles. The highest BCUT2D eigenvalue weighted by Crippen LogP contribution is 2.31. The second-order valence-corrected chi connectivity index (χ2v) is 8.37. The first-order valence-corrected chi connectivity index (χ1v) is 9.34. The molecule has 0 aliphatic heterocycles. The van der Waals surface area contributed by atoms with Gasteiger partial charge in [0.1, 0.15) is 11.6 Å². The summed E-state index contributed by atoms with van der Waals surface area (Å²) in [5, 5.41) is -1.95. The maximum Gasteiger partial charge on any atom is 0.288 e. The van der Waals surface area contributed by atoms with Gasteiger partial charge in [0.2, 0.25) is 0 Å². The van der Waals surface area contributed by atoms with Crippen molar-refractivity contribution < 1.29 is 17.2 Å². The van der Waals surface area contributed by atoms with Crippen molar-refractivity contribution in [2.45, 2.75) is 18.7 Å². The Labute approximate surface area is 146 Å². The maximum atomic E-state index is 14.1. The van der Waals surface area contributed by atoms with E-state index in [-0.39, 0.29) is 12.2 Å². The van der Waals surface area contributed by atoms with Crippen LogP contribution in [0.5, 0.6) is 0 Å². The number of hydrogen-bond donors (Lipinski definition) is 0. The first-order chi connectivity index (χ1) is 11.0. The Morgan fingerprint density at radius 3 is 2.25 bits per heavy atom. The molecule has 0 radical (unpaired) electrons. The number of sulfone groups is 1. The lowest BCUT2D eigenvalue weighted by atomic mass is 10.1. The fourth-order valence-corrected chi connectivity index (χ4v) is 2.97. The summed E-state index contributed by atoms with van der Waals surface area (Å²) in [5.41, 5.74) is -1.84. The fourth-order valence-electron chi connectivity index (χ4n) is 2.04. The van der Waals surface area contributed by atoms with E-state index in [4.69, 9.17) is 23.2 Å². The molecule has 1 atom stereocenters. The van der Waals surface area contributed by atoms with Gasteiger partial charge in [-0.05, 0) is 19.1 Å². The molecule has 130 valence electrons. The van der Waals surface area contributed by atoms with E-state index in [0.717, 1.165) is 29.0 Å². The molecule has 5 nitrogen and oxygen atoms in total. The zero-order valence-corrected chi connectivity index (χ0v) is 14.9. The molecule has 24 heavy (non-hydrogen) atoms. The molecule has 0 aliphatic carbocycles. The van der Waals surface area contributed by atoms with Crippen LogP contribution in [0.15, 0.2) is 23.0 Å². The lowest BCUT2D eigenvalue weighted by Crippen LogP contribution is -2.32. The summed E-state index contributed by atoms with van der Waals surface area (Å²) in [4.78, 5) is 15.8. The van der Waals surface area contributed by atoms with Crippen LogP contribution < -0.4 is 5.56 Å². The van der Waals surface area contributed by atoms with Gasteiger partial charge in [-0.25, -0.2) is 22.2 Å². The Hall–Kier alpha value is -1.51. The van der Waals surface area contributed by atoms with Gasteiger partial charge in [0.05, 0.1) is 16.5 Å². The molecule has 0 amide bonds. The van der Waals surface area contributed by atoms with E-state index < -0.39 is 48.2 Å². The standard InChI is InChI=1S/C14H12Cl2F2N2O3S/c1-7(24(2,22)23)6-20-11(12(15)19-13(16)14(20)21)10-8(17)4-3-5-9(10)18/h3-5,7H,6H2,1-2H3. The molecular weight excluding hydrogens is 385 g/mol. The SMILES string of the molecule is CC(Cn1c(-c2c(F)cccc2F)c(Cl)nc(Cl)c1=O)S(C)(=O)=O. The summed E-state index contributed by atoms with van der Waals surface area (Å²) < 4.78 is 52.3. The van der Waals surface area contributed by atoms with Gasteiger partial charge >= 0.3 is 0 Å². The van der Waals surface area contributed by atoms with Crippen molar-refractivity contribution in [2.24, 2.45) is 0 Å². The predicted molar refractivity (Wildman–Crippen MR) is 88.2 cm³/mol. The molecule has 0 spiro atoms. The van der Waals surface area contributed by atoms with E-state index in [2.05, 4.69) is 4.98 Å². The van der Waals surface area contributed by atoms with Crippen molar-refractivity contribution in [3.8, 4) is 11.3 Å². The van der Waals surface area contributed by atoms with E-state index in [9.17, 15) is 22.0 Å². The van der Waals surface area contributed by atoms with Crippen molar-refractivity contribution in [3.63, 3.8) is 0 Å². The van der Waals surface area contributed by atoms with E-state index in [0.29, 0.717) is 0 Å². The molecule has 1 aromatic carbocycles. The van der Waals surface area contributed by atoms with Crippen LogP contribution in [-0.2, 0) is 16.4 Å². The summed E-state index contributed by atoms with van der Waals surface area (Å²) in [5.74, 6) is -1.94. The minimum atomic E-state index is -3.52. The number of benzene rings is 1. The summed E-state index contributed by atoms with van der Waals surface area (Å²) in [6, 6.07) is 3.11. The van der Waals surface area contributed by atoms with Crippen LogP contribution in [0.2, 0.25) is 10.3 Å². The van der Waals surface area contributed by atoms with Gasteiger partial charge < -0.3 is 4.57 Å². The molecular formula is C14H12Cl2F2N2O3S. The maximum absolute atomic E-state index is 14.1. The van der Waals surface area contributed by atoms with Crippen molar-refractivity contribution in [1.82, 2.24) is 9.55 Å². The van der Waals surface area contributed by atoms with Gasteiger partial charge in [-0.15, -0.1) is 0 Å². The van der Waals surface area contributed by atoms with Crippen LogP contribution >= 0.6 is 23.2 Å². The van der Waals surface area contributed by atoms with Crippen LogP contribution in [0.4, 0.5) is 8.78 Å². The van der Waals surface area contributed by atoms with E-state index in [1.165, 1.54) is 6.92 Å². The largest absolute Gasteiger partial charge is 0.301 e. The molecule has 2 aromatic rings. The molecule has 1 unspecified atom stereocenters. The van der Waals surface area contributed by atoms with E-state index in [1.54, 1.807) is 0 Å². The highest BCUT2D eigenvalue weighted by Gasteiger charge is 2.25. The van der Waals surface area contributed by atoms with Gasteiger partial charge in [0.25, 0.3) is 5.56 Å².